The van der Waals surface area contributed by atoms with Gasteiger partial charge in [-0.3, -0.25) is 4.79 Å². The summed E-state index contributed by atoms with van der Waals surface area (Å²) in [4.78, 5) is 10.7. The Morgan fingerprint density at radius 2 is 2.18 bits per heavy atom. The Bertz CT molecular complexity index is 434. The number of nitrogens with zero attached hydrogens (tertiary/aromatic N) is 1. The fourth-order valence-electron chi connectivity index (χ4n) is 1.86. The Kier molecular flexibility index (Phi) is 4.11. The smallest absolute Gasteiger partial charge is 0.303 e. The van der Waals surface area contributed by atoms with Crippen molar-refractivity contribution in [1.82, 2.24) is 4.72 Å². The van der Waals surface area contributed by atoms with Crippen molar-refractivity contribution in [1.29, 1.82) is 5.26 Å². The molecule has 6 nitrogen and oxygen atoms in total. The summed E-state index contributed by atoms with van der Waals surface area (Å²) in [6.45, 7) is 1.40. The molecule has 2 N–H and O–H groups in total. The van der Waals surface area contributed by atoms with Gasteiger partial charge in [0.15, 0.2) is 5.25 Å². The number of sulfonamides is 1. The number of nitriles is 1. The van der Waals surface area contributed by atoms with Gasteiger partial charge in [0.25, 0.3) is 0 Å². The molecule has 7 heteroatoms. The highest BCUT2D eigenvalue weighted by Crippen LogP contribution is 2.43. The van der Waals surface area contributed by atoms with Crippen molar-refractivity contribution >= 4 is 16.0 Å². The first-order chi connectivity index (χ1) is 7.81. The van der Waals surface area contributed by atoms with Crippen LogP contribution in [0.15, 0.2) is 0 Å². The van der Waals surface area contributed by atoms with Crippen LogP contribution in [-0.4, -0.2) is 31.3 Å². The van der Waals surface area contributed by atoms with Crippen LogP contribution >= 0.6 is 0 Å². The van der Waals surface area contributed by atoms with Crippen LogP contribution in [0.5, 0.6) is 0 Å². The molecule has 0 spiro atoms. The molecule has 0 radical (unpaired) electrons. The van der Waals surface area contributed by atoms with E-state index in [2.05, 4.69) is 4.72 Å². The molecular weight excluding hydrogens is 244 g/mol. The van der Waals surface area contributed by atoms with E-state index in [0.29, 0.717) is 12.8 Å². The van der Waals surface area contributed by atoms with Crippen LogP contribution in [-0.2, 0) is 14.8 Å². The highest BCUT2D eigenvalue weighted by molar-refractivity contribution is 7.90. The zero-order chi connectivity index (χ0) is 13.1. The van der Waals surface area contributed by atoms with Crippen LogP contribution in [0.25, 0.3) is 0 Å². The van der Waals surface area contributed by atoms with Gasteiger partial charge in [0, 0.05) is 6.54 Å². The third-order valence-corrected chi connectivity index (χ3v) is 4.82. The number of carbonyl (C=O) groups is 1. The van der Waals surface area contributed by atoms with Gasteiger partial charge in [0.2, 0.25) is 10.0 Å². The molecule has 1 fully saturated rings. The number of nitrogens with one attached hydrogen (secondary N) is 1. The van der Waals surface area contributed by atoms with Gasteiger partial charge in [-0.05, 0) is 25.2 Å². The Morgan fingerprint density at radius 3 is 2.53 bits per heavy atom. The van der Waals surface area contributed by atoms with Crippen molar-refractivity contribution in [2.75, 3.05) is 6.54 Å². The van der Waals surface area contributed by atoms with Crippen LogP contribution in [0.3, 0.4) is 0 Å². The topological polar surface area (TPSA) is 107 Å². The molecule has 0 aromatic rings. The fourth-order valence-corrected chi connectivity index (χ4v) is 2.76. The molecule has 0 saturated heterocycles. The molecule has 0 aromatic carbocycles. The minimum atomic E-state index is -3.66. The first-order valence-corrected chi connectivity index (χ1v) is 6.96. The van der Waals surface area contributed by atoms with Gasteiger partial charge in [-0.25, -0.2) is 13.1 Å². The number of carboxylic acids is 1. The summed E-state index contributed by atoms with van der Waals surface area (Å²) in [6.07, 6.45) is 2.31. The van der Waals surface area contributed by atoms with E-state index in [9.17, 15) is 13.2 Å². The van der Waals surface area contributed by atoms with Crippen molar-refractivity contribution in [2.24, 2.45) is 5.41 Å². The van der Waals surface area contributed by atoms with E-state index in [1.807, 2.05) is 0 Å². The van der Waals surface area contributed by atoms with Gasteiger partial charge >= 0.3 is 5.97 Å². The lowest BCUT2D eigenvalue weighted by molar-refractivity contribution is -0.141. The van der Waals surface area contributed by atoms with Crippen molar-refractivity contribution in [3.05, 3.63) is 0 Å². The summed E-state index contributed by atoms with van der Waals surface area (Å²) in [5.41, 5.74) is -0.464. The fraction of sp³-hybridized carbons (Fsp3) is 0.800. The van der Waals surface area contributed by atoms with Gasteiger partial charge in [-0.2, -0.15) is 5.26 Å². The van der Waals surface area contributed by atoms with Crippen LogP contribution in [0.1, 0.15) is 32.6 Å². The Balaban J connectivity index is 2.60. The average molecular weight is 260 g/mol. The van der Waals surface area contributed by atoms with Gasteiger partial charge in [-0.15, -0.1) is 0 Å². The summed E-state index contributed by atoms with van der Waals surface area (Å²) < 4.78 is 25.5. The summed E-state index contributed by atoms with van der Waals surface area (Å²) in [7, 11) is -3.66. The van der Waals surface area contributed by atoms with E-state index in [0.717, 1.165) is 6.42 Å². The largest absolute Gasteiger partial charge is 0.481 e. The van der Waals surface area contributed by atoms with Crippen LogP contribution in [0, 0.1) is 16.7 Å². The maximum atomic E-state index is 11.6. The highest BCUT2D eigenvalue weighted by atomic mass is 32.2. The monoisotopic (exact) mass is 260 g/mol. The summed E-state index contributed by atoms with van der Waals surface area (Å²) in [5.74, 6) is -0.919. The third-order valence-electron chi connectivity index (χ3n) is 3.24. The summed E-state index contributed by atoms with van der Waals surface area (Å²) in [5, 5.41) is 16.2. The van der Waals surface area contributed by atoms with E-state index in [-0.39, 0.29) is 13.0 Å². The van der Waals surface area contributed by atoms with E-state index in [1.165, 1.54) is 6.92 Å². The Morgan fingerprint density at radius 1 is 1.59 bits per heavy atom. The third kappa shape index (κ3) is 3.41. The number of rotatable bonds is 6. The molecule has 1 saturated carbocycles. The van der Waals surface area contributed by atoms with Crippen molar-refractivity contribution in [3.63, 3.8) is 0 Å². The van der Waals surface area contributed by atoms with E-state index >= 15 is 0 Å². The van der Waals surface area contributed by atoms with Crippen LogP contribution in [0.4, 0.5) is 0 Å². The molecular formula is C10H16N2O4S. The molecule has 0 bridgehead atoms. The predicted octanol–water partition coefficient (Wildman–Crippen LogP) is 0.463. The number of hydrogen-bond donors (Lipinski definition) is 2. The lowest BCUT2D eigenvalue weighted by atomic mass is 9.67. The second-order valence-electron chi connectivity index (χ2n) is 4.56. The van der Waals surface area contributed by atoms with Gasteiger partial charge < -0.3 is 5.11 Å². The molecule has 1 atom stereocenters. The molecule has 0 heterocycles. The molecule has 17 heavy (non-hydrogen) atoms. The van der Waals surface area contributed by atoms with Crippen LogP contribution < -0.4 is 4.72 Å². The average Bonchev–Trinajstić information content (AvgIpc) is 2.20. The first kappa shape index (κ1) is 13.9. The second kappa shape index (κ2) is 5.02. The molecule has 1 aliphatic carbocycles. The second-order valence-corrected chi connectivity index (χ2v) is 6.65. The zero-order valence-corrected chi connectivity index (χ0v) is 10.5. The number of hydrogen-bond acceptors (Lipinski definition) is 4. The van der Waals surface area contributed by atoms with E-state index < -0.39 is 26.7 Å². The Hall–Kier alpha value is -1.13. The number of aliphatic carboxylic acids is 1. The molecule has 0 aromatic heterocycles. The minimum absolute atomic E-state index is 0.0313. The molecule has 1 aliphatic rings. The standard InChI is InChI=1S/C10H16N2O4S/c1-8(6-11)17(15,16)12-7-10(3-2-4-10)5-9(13)14/h8,12H,2-5,7H2,1H3,(H,13,14). The lowest BCUT2D eigenvalue weighted by Crippen LogP contribution is -2.45. The maximum Gasteiger partial charge on any atom is 0.303 e. The Labute approximate surface area is 101 Å². The summed E-state index contributed by atoms with van der Waals surface area (Å²) >= 11 is 0. The lowest BCUT2D eigenvalue weighted by Gasteiger charge is -2.40. The number of carboxylic acid groups (broad SMARTS) is 1. The molecule has 0 amide bonds. The normalized spacial score (nSPS) is 20.0. The van der Waals surface area contributed by atoms with Crippen LogP contribution in [0.2, 0.25) is 0 Å². The summed E-state index contributed by atoms with van der Waals surface area (Å²) in [6, 6.07) is 1.65. The SMILES string of the molecule is CC(C#N)S(=O)(=O)NCC1(CC(=O)O)CCC1. The zero-order valence-electron chi connectivity index (χ0n) is 9.64. The van der Waals surface area contributed by atoms with Crippen molar-refractivity contribution in [2.45, 2.75) is 37.9 Å². The van der Waals surface area contributed by atoms with Crippen molar-refractivity contribution < 1.29 is 18.3 Å². The maximum absolute atomic E-state index is 11.6. The molecule has 96 valence electrons. The minimum Gasteiger partial charge on any atom is -0.481 e. The first-order valence-electron chi connectivity index (χ1n) is 5.41. The van der Waals surface area contributed by atoms with E-state index in [4.69, 9.17) is 10.4 Å². The molecule has 1 unspecified atom stereocenters. The predicted molar refractivity (Wildman–Crippen MR) is 60.5 cm³/mol. The highest BCUT2D eigenvalue weighted by Gasteiger charge is 2.40. The van der Waals surface area contributed by atoms with Gasteiger partial charge in [0.1, 0.15) is 0 Å². The quantitative estimate of drug-likeness (QED) is 0.721. The van der Waals surface area contributed by atoms with Gasteiger partial charge in [-0.1, -0.05) is 6.42 Å². The molecule has 1 rings (SSSR count). The van der Waals surface area contributed by atoms with Crippen molar-refractivity contribution in [3.8, 4) is 6.07 Å². The molecule has 0 aliphatic heterocycles. The van der Waals surface area contributed by atoms with E-state index in [1.54, 1.807) is 6.07 Å². The van der Waals surface area contributed by atoms with Gasteiger partial charge in [0.05, 0.1) is 12.5 Å².